The van der Waals surface area contributed by atoms with Crippen LogP contribution in [0.1, 0.15) is 136 Å². The number of esters is 1. The highest BCUT2D eigenvalue weighted by Crippen LogP contribution is 2.18. The fourth-order valence-electron chi connectivity index (χ4n) is 8.91. The second-order valence-corrected chi connectivity index (χ2v) is 22.5. The summed E-state index contributed by atoms with van der Waals surface area (Å²) in [5, 5.41) is 24.1. The zero-order valence-electron chi connectivity index (χ0n) is 52.7. The largest absolute Gasteiger partial charge is 0.461 e. The van der Waals surface area contributed by atoms with E-state index in [0.717, 1.165) is 5.56 Å². The van der Waals surface area contributed by atoms with Crippen LogP contribution in [0.5, 0.6) is 0 Å². The number of carbonyl (C=O) groups is 10. The summed E-state index contributed by atoms with van der Waals surface area (Å²) in [6.07, 6.45) is 1.97. The van der Waals surface area contributed by atoms with E-state index in [1.54, 1.807) is 51.1 Å². The van der Waals surface area contributed by atoms with Crippen LogP contribution in [0.3, 0.4) is 0 Å². The molecule has 1 heterocycles. The van der Waals surface area contributed by atoms with Gasteiger partial charge in [0.2, 0.25) is 29.5 Å². The van der Waals surface area contributed by atoms with Crippen molar-refractivity contribution in [2.45, 2.75) is 167 Å². The molecule has 0 unspecified atom stereocenters. The zero-order chi connectivity index (χ0) is 65.1. The summed E-state index contributed by atoms with van der Waals surface area (Å²) in [5.41, 5.74) is 1.43. The van der Waals surface area contributed by atoms with Crippen molar-refractivity contribution in [1.29, 1.82) is 5.41 Å². The van der Waals surface area contributed by atoms with E-state index in [2.05, 4.69) is 31.9 Å². The van der Waals surface area contributed by atoms with E-state index < -0.39 is 88.9 Å². The predicted molar refractivity (Wildman–Crippen MR) is 328 cm³/mol. The van der Waals surface area contributed by atoms with Gasteiger partial charge >= 0.3 is 12.1 Å². The molecule has 0 aliphatic carbocycles. The highest BCUT2D eigenvalue weighted by Gasteiger charge is 2.33. The van der Waals surface area contributed by atoms with Crippen LogP contribution in [0.2, 0.25) is 0 Å². The molecule has 2 aromatic rings. The minimum absolute atomic E-state index is 0.0182. The first-order valence-corrected chi connectivity index (χ1v) is 31.0. The van der Waals surface area contributed by atoms with Gasteiger partial charge in [-0.15, -0.1) is 0 Å². The highest BCUT2D eigenvalue weighted by atomic mass is 16.6. The Labute approximate surface area is 523 Å². The first kappa shape index (κ1) is 76.2. The van der Waals surface area contributed by atoms with Crippen molar-refractivity contribution in [1.82, 2.24) is 31.9 Å². The lowest BCUT2D eigenvalue weighted by Crippen LogP contribution is -2.58. The van der Waals surface area contributed by atoms with Crippen LogP contribution < -0.4 is 31.9 Å². The van der Waals surface area contributed by atoms with Gasteiger partial charge in [0.05, 0.1) is 84.6 Å². The lowest BCUT2D eigenvalue weighted by atomic mass is 9.96. The number of hydrogen-bond acceptors (Lipinski definition) is 19. The molecular formula is C64H97N7O18. The number of hydrogen-bond donors (Lipinski definition) is 7. The zero-order valence-corrected chi connectivity index (χ0v) is 52.7. The molecule has 0 radical (unpaired) electrons. The molecule has 1 aliphatic heterocycles. The molecule has 0 spiro atoms. The first-order valence-electron chi connectivity index (χ1n) is 31.0. The number of ketones is 3. The summed E-state index contributed by atoms with van der Waals surface area (Å²) in [6, 6.07) is 13.1. The lowest BCUT2D eigenvalue weighted by Gasteiger charge is -2.26. The standard InChI is InChI=1S/C64H97N7O18/c1-6-50(65)22-13-14-23-52-56(74)25-27-58(76)68-54(41-46(2)72)60(78)71-55(42-47-17-9-7-10-18-47)61(79)70-53(59(77)69-52)24-26-57(75)66-29-30-82-31-32-83-33-34-84-35-36-85-37-38-86-39-40-87-45-51(73)43-49(62(80)88-44-48-19-11-8-12-20-48)21-15-16-28-67-63(81)89-64(3,4)5/h7-12,17-20,49,52-55,65H,6,13-16,21-45H2,1-5H3,(H,66,75)(H,67,81)(H,68,76)(H,69,77)(H,70,79)(H,71,78)/t49-,52+,53+,54+,55-/m1/s1. The van der Waals surface area contributed by atoms with E-state index >= 15 is 0 Å². The van der Waals surface area contributed by atoms with Crippen molar-refractivity contribution >= 4 is 64.7 Å². The average molecular weight is 1250 g/mol. The van der Waals surface area contributed by atoms with Gasteiger partial charge in [0, 0.05) is 57.3 Å². The molecule has 1 saturated heterocycles. The molecule has 2 aromatic carbocycles. The number of ether oxygens (including phenoxy) is 8. The summed E-state index contributed by atoms with van der Waals surface area (Å²) in [4.78, 5) is 132. The number of unbranched alkanes of at least 4 members (excludes halogenated alkanes) is 2. The normalized spacial score (nSPS) is 17.2. The van der Waals surface area contributed by atoms with Gasteiger partial charge in [0.15, 0.2) is 11.6 Å². The van der Waals surface area contributed by atoms with Crippen molar-refractivity contribution in [2.75, 3.05) is 92.4 Å². The van der Waals surface area contributed by atoms with E-state index in [0.29, 0.717) is 102 Å². The van der Waals surface area contributed by atoms with Crippen molar-refractivity contribution in [3.8, 4) is 0 Å². The van der Waals surface area contributed by atoms with Crippen LogP contribution in [-0.2, 0) is 94.1 Å². The second-order valence-electron chi connectivity index (χ2n) is 22.5. The quantitative estimate of drug-likeness (QED) is 0.0273. The Balaban J connectivity index is 1.32. The number of carbonyl (C=O) groups excluding carboxylic acids is 10. The van der Waals surface area contributed by atoms with Crippen LogP contribution in [0.25, 0.3) is 0 Å². The summed E-state index contributed by atoms with van der Waals surface area (Å²) in [7, 11) is 0. The minimum Gasteiger partial charge on any atom is -0.461 e. The van der Waals surface area contributed by atoms with Crippen molar-refractivity contribution in [3.05, 3.63) is 71.8 Å². The van der Waals surface area contributed by atoms with Crippen molar-refractivity contribution in [3.63, 3.8) is 0 Å². The molecule has 0 aromatic heterocycles. The molecule has 3 rings (SSSR count). The Kier molecular flexibility index (Phi) is 38.8. The summed E-state index contributed by atoms with van der Waals surface area (Å²) in [5.74, 6) is -5.63. The summed E-state index contributed by atoms with van der Waals surface area (Å²) < 4.78 is 44.1. The van der Waals surface area contributed by atoms with Crippen molar-refractivity contribution in [2.24, 2.45) is 5.92 Å². The molecule has 6 amide bonds. The molecule has 1 aliphatic rings. The SMILES string of the molecule is CCC(=N)CCCC[C@@H]1NC(=O)[C@H](CCC(=O)NCCOCCOCCOCCOCCOCCOCC(=O)C[C@@H](CCCCNC(=O)OC(C)(C)C)C(=O)OCc2ccccc2)NC(=O)[C@@H](Cc2ccccc2)NC(=O)[C@H](CC(C)=O)NC(=O)CCC1=O. The van der Waals surface area contributed by atoms with Gasteiger partial charge in [0.25, 0.3) is 0 Å². The summed E-state index contributed by atoms with van der Waals surface area (Å²) in [6.45, 7) is 11.9. The topological polar surface area (TPSA) is 341 Å². The van der Waals surface area contributed by atoms with Crippen LogP contribution in [0.15, 0.2) is 60.7 Å². The minimum atomic E-state index is -1.34. The van der Waals surface area contributed by atoms with Crippen LogP contribution in [-0.4, -0.2) is 187 Å². The smallest absolute Gasteiger partial charge is 0.407 e. The maximum atomic E-state index is 14.1. The highest BCUT2D eigenvalue weighted by molar-refractivity contribution is 5.98. The Morgan fingerprint density at radius 3 is 1.74 bits per heavy atom. The molecule has 25 nitrogen and oxygen atoms in total. The van der Waals surface area contributed by atoms with Crippen LogP contribution in [0, 0.1) is 11.3 Å². The van der Waals surface area contributed by atoms with Gasteiger partial charge in [-0.1, -0.05) is 80.4 Å². The maximum Gasteiger partial charge on any atom is 0.407 e. The molecule has 89 heavy (non-hydrogen) atoms. The van der Waals surface area contributed by atoms with Crippen LogP contribution >= 0.6 is 0 Å². The van der Waals surface area contributed by atoms with E-state index in [1.807, 2.05) is 37.3 Å². The summed E-state index contributed by atoms with van der Waals surface area (Å²) >= 11 is 0. The Hall–Kier alpha value is -7.03. The number of benzene rings is 2. The van der Waals surface area contributed by atoms with Gasteiger partial charge in [-0.2, -0.15) is 0 Å². The average Bonchev–Trinajstić information content (AvgIpc) is 3.18. The van der Waals surface area contributed by atoms with E-state index in [-0.39, 0.29) is 110 Å². The molecule has 5 atom stereocenters. The molecule has 1 fully saturated rings. The van der Waals surface area contributed by atoms with Crippen LogP contribution in [0.4, 0.5) is 4.79 Å². The number of Topliss-reactive ketones (excluding diaryl/α,β-unsaturated/α-hetero) is 3. The fraction of sp³-hybridized carbons (Fsp3) is 0.641. The molecular weight excluding hydrogens is 1150 g/mol. The third-order valence-electron chi connectivity index (χ3n) is 13.7. The number of alkyl carbamates (subject to hydrolysis) is 1. The maximum absolute atomic E-state index is 14.1. The Morgan fingerprint density at radius 2 is 1.15 bits per heavy atom. The van der Waals surface area contributed by atoms with E-state index in [9.17, 15) is 47.9 Å². The van der Waals surface area contributed by atoms with Crippen molar-refractivity contribution < 1.29 is 85.8 Å². The van der Waals surface area contributed by atoms with E-state index in [1.165, 1.54) is 6.92 Å². The monoisotopic (exact) mass is 1250 g/mol. The third-order valence-corrected chi connectivity index (χ3v) is 13.7. The number of nitrogens with one attached hydrogen (secondary N) is 7. The molecule has 7 N–H and O–H groups in total. The fourth-order valence-corrected chi connectivity index (χ4v) is 8.91. The molecule has 496 valence electrons. The predicted octanol–water partition coefficient (Wildman–Crippen LogP) is 4.51. The van der Waals surface area contributed by atoms with E-state index in [4.69, 9.17) is 43.3 Å². The third kappa shape index (κ3) is 36.9. The van der Waals surface area contributed by atoms with Gasteiger partial charge in [-0.25, -0.2) is 4.79 Å². The number of amides is 6. The molecule has 25 heteroatoms. The molecule has 0 bridgehead atoms. The Morgan fingerprint density at radius 1 is 0.596 bits per heavy atom. The molecule has 0 saturated carbocycles. The second kappa shape index (κ2) is 45.3. The lowest BCUT2D eigenvalue weighted by molar-refractivity contribution is -0.152. The number of rotatable bonds is 43. The van der Waals surface area contributed by atoms with Gasteiger partial charge < -0.3 is 75.2 Å². The van der Waals surface area contributed by atoms with Gasteiger partial charge in [0.1, 0.15) is 42.7 Å². The van der Waals surface area contributed by atoms with Gasteiger partial charge in [-0.05, 0) is 83.8 Å². The first-order chi connectivity index (χ1) is 42.7. The Bertz CT molecular complexity index is 2480. The van der Waals surface area contributed by atoms with Gasteiger partial charge in [-0.3, -0.25) is 43.2 Å².